The van der Waals surface area contributed by atoms with E-state index < -0.39 is 57.8 Å². The highest BCUT2D eigenvalue weighted by Crippen LogP contribution is 2.43. The fourth-order valence-corrected chi connectivity index (χ4v) is 10.2. The van der Waals surface area contributed by atoms with E-state index in [4.69, 9.17) is 23.3 Å². The highest BCUT2D eigenvalue weighted by Gasteiger charge is 2.28. The zero-order chi connectivity index (χ0) is 55.5. The van der Waals surface area contributed by atoms with Crippen LogP contribution in [-0.4, -0.2) is 66.5 Å². The second kappa shape index (κ2) is 59.1. The monoisotopic (exact) mass is 1100 g/mol. The van der Waals surface area contributed by atoms with Crippen molar-refractivity contribution in [3.8, 4) is 0 Å². The average molecular weight is 1100 g/mol. The summed E-state index contributed by atoms with van der Waals surface area (Å²) in [5.41, 5.74) is 0. The number of carbonyl (C=O) groups excluding carboxylic acids is 3. The van der Waals surface area contributed by atoms with Gasteiger partial charge in [-0.15, -0.1) is 0 Å². The molecule has 0 amide bonds. The molecule has 2 N–H and O–H groups in total. The molecule has 0 aliphatic heterocycles. The van der Waals surface area contributed by atoms with Crippen LogP contribution in [0.25, 0.3) is 0 Å². The molecule has 0 bridgehead atoms. The molecule has 0 saturated heterocycles. The van der Waals surface area contributed by atoms with Gasteiger partial charge in [-0.05, 0) is 44.9 Å². The van der Waals surface area contributed by atoms with E-state index in [2.05, 4.69) is 45.1 Å². The maximum atomic E-state index is 13.0. The number of ether oxygens (including phenoxy) is 3. The predicted octanol–water partition coefficient (Wildman–Crippen LogP) is 19.4. The van der Waals surface area contributed by atoms with E-state index in [9.17, 15) is 28.9 Å². The van der Waals surface area contributed by atoms with Gasteiger partial charge in [0.05, 0.1) is 19.8 Å². The minimum absolute atomic E-state index is 0.165. The van der Waals surface area contributed by atoms with E-state index in [0.29, 0.717) is 19.3 Å². The van der Waals surface area contributed by atoms with Gasteiger partial charge in [0.15, 0.2) is 6.10 Å². The molecule has 0 radical (unpaired) electrons. The van der Waals surface area contributed by atoms with Crippen LogP contribution in [0.5, 0.6) is 0 Å². The third-order valence-electron chi connectivity index (χ3n) is 14.4. The van der Waals surface area contributed by atoms with E-state index >= 15 is 0 Å². The normalized spacial score (nSPS) is 13.4. The van der Waals surface area contributed by atoms with Gasteiger partial charge in [0, 0.05) is 19.3 Å². The van der Waals surface area contributed by atoms with Crippen molar-refractivity contribution in [2.24, 2.45) is 0 Å². The van der Waals surface area contributed by atoms with Gasteiger partial charge in [0.25, 0.3) is 0 Å². The molecule has 3 unspecified atom stereocenters. The smallest absolute Gasteiger partial charge is 0.462 e. The Morgan fingerprint density at radius 1 is 0.368 bits per heavy atom. The van der Waals surface area contributed by atoms with E-state index in [0.717, 1.165) is 83.5 Å². The number of hydrogen-bond acceptors (Lipinski definition) is 10. The SMILES string of the molecule is CCC/C=C\C/C=C\CCCCCCCC(=O)OC(CO)COP(=O)(O)OCC(COC(=O)CCCCCCCCCCCCCCCCCCC)OC(=O)CCCCCCCCCCCCCCCCCCCCC. The number of phosphoric acid groups is 1. The Hall–Kier alpha value is -2.04. The van der Waals surface area contributed by atoms with Gasteiger partial charge in [-0.1, -0.05) is 289 Å². The van der Waals surface area contributed by atoms with Crippen molar-refractivity contribution >= 4 is 25.7 Å². The van der Waals surface area contributed by atoms with E-state index in [1.807, 2.05) is 0 Å². The van der Waals surface area contributed by atoms with E-state index in [1.165, 1.54) is 186 Å². The summed E-state index contributed by atoms with van der Waals surface area (Å²) >= 11 is 0. The maximum absolute atomic E-state index is 13.0. The molecule has 0 fully saturated rings. The lowest BCUT2D eigenvalue weighted by Crippen LogP contribution is -2.30. The van der Waals surface area contributed by atoms with E-state index in [1.54, 1.807) is 0 Å². The number of allylic oxidation sites excluding steroid dienone is 4. The van der Waals surface area contributed by atoms with Crippen LogP contribution in [-0.2, 0) is 42.2 Å². The number of unbranched alkanes of at least 4 members (excludes halogenated alkanes) is 40. The van der Waals surface area contributed by atoms with Crippen molar-refractivity contribution in [2.45, 2.75) is 341 Å². The third-order valence-corrected chi connectivity index (χ3v) is 15.3. The Labute approximate surface area is 468 Å². The lowest BCUT2D eigenvalue weighted by atomic mass is 10.0. The molecule has 0 saturated carbocycles. The molecule has 12 heteroatoms. The van der Waals surface area contributed by atoms with Gasteiger partial charge in [-0.2, -0.15) is 0 Å². The molecule has 0 rings (SSSR count). The summed E-state index contributed by atoms with van der Waals surface area (Å²) in [6.45, 7) is 4.65. The number of hydrogen-bond donors (Lipinski definition) is 2. The molecule has 0 aromatic rings. The molecule has 0 aromatic heterocycles. The quantitative estimate of drug-likeness (QED) is 0.0197. The molecule has 0 heterocycles. The highest BCUT2D eigenvalue weighted by atomic mass is 31.2. The zero-order valence-corrected chi connectivity index (χ0v) is 50.6. The van der Waals surface area contributed by atoms with Crippen molar-refractivity contribution in [1.29, 1.82) is 0 Å². The fourth-order valence-electron chi connectivity index (χ4n) is 9.46. The number of carbonyl (C=O) groups is 3. The first-order valence-electron chi connectivity index (χ1n) is 32.2. The number of rotatable bonds is 61. The molecule has 0 aliphatic carbocycles. The van der Waals surface area contributed by atoms with Gasteiger partial charge < -0.3 is 24.2 Å². The summed E-state index contributed by atoms with van der Waals surface area (Å²) in [5, 5.41) is 9.83. The summed E-state index contributed by atoms with van der Waals surface area (Å²) in [6, 6.07) is 0. The molecule has 0 aliphatic rings. The van der Waals surface area contributed by atoms with Crippen LogP contribution >= 0.6 is 7.82 Å². The molecule has 76 heavy (non-hydrogen) atoms. The van der Waals surface area contributed by atoms with Crippen molar-refractivity contribution in [3.05, 3.63) is 24.3 Å². The van der Waals surface area contributed by atoms with Crippen LogP contribution < -0.4 is 0 Å². The Kier molecular flexibility index (Phi) is 57.5. The van der Waals surface area contributed by atoms with Crippen molar-refractivity contribution in [2.75, 3.05) is 26.4 Å². The number of aliphatic hydroxyl groups excluding tert-OH is 1. The maximum Gasteiger partial charge on any atom is 0.472 e. The minimum atomic E-state index is -4.75. The predicted molar refractivity (Wildman–Crippen MR) is 316 cm³/mol. The van der Waals surface area contributed by atoms with E-state index in [-0.39, 0.29) is 25.9 Å². The van der Waals surface area contributed by atoms with Crippen LogP contribution in [0.4, 0.5) is 0 Å². The number of phosphoric ester groups is 1. The van der Waals surface area contributed by atoms with Crippen molar-refractivity contribution in [3.63, 3.8) is 0 Å². The first-order chi connectivity index (χ1) is 37.2. The second-order valence-corrected chi connectivity index (χ2v) is 23.4. The Balaban J connectivity index is 4.65. The van der Waals surface area contributed by atoms with Gasteiger partial charge >= 0.3 is 25.7 Å². The lowest BCUT2D eigenvalue weighted by molar-refractivity contribution is -0.161. The molecule has 3 atom stereocenters. The Morgan fingerprint density at radius 3 is 1.03 bits per heavy atom. The first kappa shape index (κ1) is 74.0. The standard InChI is InChI=1S/C64H121O11P/c1-4-7-10-13-16-19-22-25-27-29-30-32-34-37-40-43-46-49-52-55-64(68)75-61(57-71-62(66)53-50-47-44-41-38-36-33-31-28-26-23-20-17-14-11-8-5-2)59-73-76(69,70)72-58-60(56-65)74-63(67)54-51-48-45-42-39-35-24-21-18-15-12-9-6-3/h12,15,21,24,60-61,65H,4-11,13-14,16-20,22-23,25-59H2,1-3H3,(H,69,70)/b15-12-,24-21-. The van der Waals surface area contributed by atoms with Gasteiger partial charge in [-0.25, -0.2) is 4.57 Å². The lowest BCUT2D eigenvalue weighted by Gasteiger charge is -2.21. The zero-order valence-electron chi connectivity index (χ0n) is 49.7. The average Bonchev–Trinajstić information content (AvgIpc) is 3.41. The Bertz CT molecular complexity index is 1370. The molecule has 0 aromatic carbocycles. The van der Waals surface area contributed by atoms with Crippen LogP contribution in [0.15, 0.2) is 24.3 Å². The highest BCUT2D eigenvalue weighted by molar-refractivity contribution is 7.47. The summed E-state index contributed by atoms with van der Waals surface area (Å²) in [7, 11) is -4.75. The molecular formula is C64H121O11P. The van der Waals surface area contributed by atoms with Gasteiger partial charge in [-0.3, -0.25) is 23.4 Å². The van der Waals surface area contributed by atoms with Gasteiger partial charge in [0.1, 0.15) is 12.7 Å². The number of aliphatic hydroxyl groups is 1. The largest absolute Gasteiger partial charge is 0.472 e. The first-order valence-corrected chi connectivity index (χ1v) is 33.7. The molecule has 11 nitrogen and oxygen atoms in total. The summed E-state index contributed by atoms with van der Waals surface area (Å²) in [4.78, 5) is 48.7. The third kappa shape index (κ3) is 56.7. The van der Waals surface area contributed by atoms with Crippen LogP contribution in [0.3, 0.4) is 0 Å². The molecule has 0 spiro atoms. The van der Waals surface area contributed by atoms with Crippen molar-refractivity contribution in [1.82, 2.24) is 0 Å². The summed E-state index contributed by atoms with van der Waals surface area (Å²) in [6.07, 6.45) is 61.3. The molecule has 448 valence electrons. The van der Waals surface area contributed by atoms with Gasteiger partial charge in [0.2, 0.25) is 0 Å². The van der Waals surface area contributed by atoms with Crippen LogP contribution in [0.1, 0.15) is 329 Å². The van der Waals surface area contributed by atoms with Crippen LogP contribution in [0.2, 0.25) is 0 Å². The topological polar surface area (TPSA) is 155 Å². The Morgan fingerprint density at radius 2 is 0.671 bits per heavy atom. The van der Waals surface area contributed by atoms with Crippen molar-refractivity contribution < 1.29 is 52.2 Å². The molecular weight excluding hydrogens is 976 g/mol. The second-order valence-electron chi connectivity index (χ2n) is 21.9. The number of esters is 3. The summed E-state index contributed by atoms with van der Waals surface area (Å²) in [5.74, 6) is -1.45. The minimum Gasteiger partial charge on any atom is -0.462 e. The van der Waals surface area contributed by atoms with Crippen LogP contribution in [0, 0.1) is 0 Å². The fraction of sp³-hybridized carbons (Fsp3) is 0.891. The summed E-state index contributed by atoms with van der Waals surface area (Å²) < 4.78 is 39.7.